The maximum Gasteiger partial charge on any atom is 0.314 e. The maximum atomic E-state index is 11.6. The van der Waals surface area contributed by atoms with E-state index in [-0.39, 0.29) is 11.9 Å². The zero-order valence-corrected chi connectivity index (χ0v) is 12.5. The molecule has 1 saturated heterocycles. The van der Waals surface area contributed by atoms with Crippen molar-refractivity contribution in [2.75, 3.05) is 18.0 Å². The van der Waals surface area contributed by atoms with Crippen molar-refractivity contribution in [3.63, 3.8) is 0 Å². The second-order valence-electron chi connectivity index (χ2n) is 5.46. The molecule has 3 N–H and O–H groups in total. The summed E-state index contributed by atoms with van der Waals surface area (Å²) in [5, 5.41) is 2.88. The lowest BCUT2D eigenvalue weighted by Crippen LogP contribution is -2.47. The molecule has 0 saturated carbocycles. The number of piperidine rings is 1. The second kappa shape index (κ2) is 6.07. The molecule has 0 radical (unpaired) electrons. The number of hydrogen-bond donors (Lipinski definition) is 3. The third-order valence-electron chi connectivity index (χ3n) is 3.88. The Morgan fingerprint density at radius 2 is 2.17 bits per heavy atom. The van der Waals surface area contributed by atoms with E-state index in [2.05, 4.69) is 26.8 Å². The summed E-state index contributed by atoms with van der Waals surface area (Å²) in [5.41, 5.74) is -0.380. The predicted octanol–water partition coefficient (Wildman–Crippen LogP) is -0.118. The van der Waals surface area contributed by atoms with Gasteiger partial charge in [0.05, 0.1) is 5.52 Å². The first-order valence-corrected chi connectivity index (χ1v) is 7.37. The van der Waals surface area contributed by atoms with Gasteiger partial charge in [0.15, 0.2) is 5.82 Å². The summed E-state index contributed by atoms with van der Waals surface area (Å²) in [6.45, 7) is 4.78. The Labute approximate surface area is 131 Å². The van der Waals surface area contributed by atoms with Crippen molar-refractivity contribution in [2.45, 2.75) is 18.9 Å². The molecule has 3 heterocycles. The molecule has 0 spiro atoms. The minimum absolute atomic E-state index is 0.0132. The number of anilines is 1. The number of nitrogens with zero attached hydrogens (tertiary/aromatic N) is 2. The number of H-pyrrole nitrogens is 2. The smallest absolute Gasteiger partial charge is 0.314 e. The molecule has 1 aliphatic rings. The van der Waals surface area contributed by atoms with Gasteiger partial charge in [-0.2, -0.15) is 0 Å². The predicted molar refractivity (Wildman–Crippen MR) is 86.6 cm³/mol. The molecule has 1 fully saturated rings. The van der Waals surface area contributed by atoms with Crippen LogP contribution in [0.1, 0.15) is 12.8 Å². The van der Waals surface area contributed by atoms with Gasteiger partial charge in [-0.05, 0) is 25.0 Å². The Kier molecular flexibility index (Phi) is 3.96. The molecule has 2 aromatic rings. The molecule has 120 valence electrons. The fraction of sp³-hybridized carbons (Fsp3) is 0.333. The zero-order valence-electron chi connectivity index (χ0n) is 12.5. The van der Waals surface area contributed by atoms with Crippen LogP contribution in [0.3, 0.4) is 0 Å². The average Bonchev–Trinajstić information content (AvgIpc) is 2.55. The first-order valence-electron chi connectivity index (χ1n) is 7.37. The number of nitrogens with one attached hydrogen (secondary N) is 3. The lowest BCUT2D eigenvalue weighted by atomic mass is 10.1. The van der Waals surface area contributed by atoms with E-state index in [9.17, 15) is 14.4 Å². The van der Waals surface area contributed by atoms with Crippen LogP contribution in [0.15, 0.2) is 34.5 Å². The standard InChI is InChI=1S/C15H17N5O3/c1-2-11(21)17-9-4-3-7-20(8-9)13-12-10(5-6-16-13)18-14(22)15(23)19-12/h2,5-6,9H,1,3-4,7-8H2,(H,17,21)(H,18,22)(H,19,23)/t9-/m0/s1. The third-order valence-corrected chi connectivity index (χ3v) is 3.88. The molecule has 2 aromatic heterocycles. The second-order valence-corrected chi connectivity index (χ2v) is 5.46. The van der Waals surface area contributed by atoms with Gasteiger partial charge in [0.25, 0.3) is 0 Å². The molecule has 1 aliphatic heterocycles. The maximum absolute atomic E-state index is 11.6. The molecule has 0 aliphatic carbocycles. The minimum Gasteiger partial charge on any atom is -0.353 e. The quantitative estimate of drug-likeness (QED) is 0.540. The number of aromatic nitrogens is 3. The SMILES string of the molecule is C=CC(=O)N[C@H]1CCCN(c2nccc3[nH]c(=O)c(=O)[nH]c23)C1. The fourth-order valence-electron chi connectivity index (χ4n) is 2.81. The summed E-state index contributed by atoms with van der Waals surface area (Å²) in [4.78, 5) is 46.0. The van der Waals surface area contributed by atoms with Crippen LogP contribution in [0.5, 0.6) is 0 Å². The van der Waals surface area contributed by atoms with Crippen molar-refractivity contribution in [3.8, 4) is 0 Å². The molecule has 1 amide bonds. The van der Waals surface area contributed by atoms with Crippen molar-refractivity contribution in [1.82, 2.24) is 20.3 Å². The fourth-order valence-corrected chi connectivity index (χ4v) is 2.81. The molecule has 3 rings (SSSR count). The lowest BCUT2D eigenvalue weighted by Gasteiger charge is -2.34. The molecule has 1 atom stereocenters. The Hall–Kier alpha value is -2.90. The van der Waals surface area contributed by atoms with Crippen LogP contribution in [0, 0.1) is 0 Å². The summed E-state index contributed by atoms with van der Waals surface area (Å²) < 4.78 is 0. The van der Waals surface area contributed by atoms with Gasteiger partial charge in [0.1, 0.15) is 5.52 Å². The highest BCUT2D eigenvalue weighted by atomic mass is 16.2. The van der Waals surface area contributed by atoms with Crippen LogP contribution < -0.4 is 21.3 Å². The van der Waals surface area contributed by atoms with Crippen LogP contribution in [0.2, 0.25) is 0 Å². The molecule has 8 heteroatoms. The van der Waals surface area contributed by atoms with Crippen LogP contribution >= 0.6 is 0 Å². The number of amides is 1. The highest BCUT2D eigenvalue weighted by molar-refractivity contribution is 5.87. The average molecular weight is 315 g/mol. The van der Waals surface area contributed by atoms with Gasteiger partial charge in [0.2, 0.25) is 5.91 Å². The van der Waals surface area contributed by atoms with Crippen molar-refractivity contribution < 1.29 is 4.79 Å². The number of carbonyl (C=O) groups excluding carboxylic acids is 1. The van der Waals surface area contributed by atoms with Gasteiger partial charge in [-0.15, -0.1) is 0 Å². The monoisotopic (exact) mass is 315 g/mol. The Morgan fingerprint density at radius 3 is 2.96 bits per heavy atom. The van der Waals surface area contributed by atoms with Gasteiger partial charge in [0, 0.05) is 25.3 Å². The van der Waals surface area contributed by atoms with E-state index in [4.69, 9.17) is 0 Å². The van der Waals surface area contributed by atoms with E-state index < -0.39 is 11.1 Å². The van der Waals surface area contributed by atoms with Crippen molar-refractivity contribution in [3.05, 3.63) is 45.6 Å². The molecule has 23 heavy (non-hydrogen) atoms. The molecule has 8 nitrogen and oxygen atoms in total. The first kappa shape index (κ1) is 15.0. The molecular weight excluding hydrogens is 298 g/mol. The number of aromatic amines is 2. The van der Waals surface area contributed by atoms with E-state index >= 15 is 0 Å². The largest absolute Gasteiger partial charge is 0.353 e. The molecular formula is C15H17N5O3. The van der Waals surface area contributed by atoms with Crippen LogP contribution in [-0.2, 0) is 4.79 Å². The Bertz CT molecular complexity index is 869. The molecule has 0 aromatic carbocycles. The van der Waals surface area contributed by atoms with Crippen molar-refractivity contribution in [2.24, 2.45) is 0 Å². The van der Waals surface area contributed by atoms with E-state index in [1.165, 1.54) is 6.08 Å². The number of pyridine rings is 1. The zero-order chi connectivity index (χ0) is 16.4. The summed E-state index contributed by atoms with van der Waals surface area (Å²) in [6.07, 6.45) is 4.58. The van der Waals surface area contributed by atoms with Gasteiger partial charge >= 0.3 is 11.1 Å². The van der Waals surface area contributed by atoms with Gasteiger partial charge in [-0.3, -0.25) is 14.4 Å². The van der Waals surface area contributed by atoms with E-state index in [1.807, 2.05) is 4.90 Å². The topological polar surface area (TPSA) is 111 Å². The Balaban J connectivity index is 1.94. The highest BCUT2D eigenvalue weighted by Gasteiger charge is 2.23. The number of rotatable bonds is 3. The van der Waals surface area contributed by atoms with Gasteiger partial charge in [-0.25, -0.2) is 4.98 Å². The van der Waals surface area contributed by atoms with Crippen LogP contribution in [0.25, 0.3) is 11.0 Å². The summed E-state index contributed by atoms with van der Waals surface area (Å²) >= 11 is 0. The first-order chi connectivity index (χ1) is 11.1. The number of carbonyl (C=O) groups is 1. The van der Waals surface area contributed by atoms with E-state index in [1.54, 1.807) is 12.3 Å². The van der Waals surface area contributed by atoms with Crippen molar-refractivity contribution >= 4 is 22.8 Å². The van der Waals surface area contributed by atoms with Crippen LogP contribution in [0.4, 0.5) is 5.82 Å². The summed E-state index contributed by atoms with van der Waals surface area (Å²) in [7, 11) is 0. The number of fused-ring (bicyclic) bond motifs is 1. The van der Waals surface area contributed by atoms with Gasteiger partial charge < -0.3 is 20.2 Å². The van der Waals surface area contributed by atoms with E-state index in [0.29, 0.717) is 23.4 Å². The lowest BCUT2D eigenvalue weighted by molar-refractivity contribution is -0.117. The molecule has 0 bridgehead atoms. The summed E-state index contributed by atoms with van der Waals surface area (Å²) in [5.74, 6) is 0.383. The Morgan fingerprint density at radius 1 is 1.39 bits per heavy atom. The van der Waals surface area contributed by atoms with Crippen LogP contribution in [-0.4, -0.2) is 40.0 Å². The van der Waals surface area contributed by atoms with E-state index in [0.717, 1.165) is 19.4 Å². The minimum atomic E-state index is -0.708. The normalized spacial score (nSPS) is 17.9. The highest BCUT2D eigenvalue weighted by Crippen LogP contribution is 2.23. The van der Waals surface area contributed by atoms with Gasteiger partial charge in [-0.1, -0.05) is 6.58 Å². The number of hydrogen-bond acceptors (Lipinski definition) is 5. The summed E-state index contributed by atoms with van der Waals surface area (Å²) in [6, 6.07) is 1.62. The van der Waals surface area contributed by atoms with Crippen molar-refractivity contribution in [1.29, 1.82) is 0 Å². The third kappa shape index (κ3) is 3.01. The molecule has 0 unspecified atom stereocenters.